The summed E-state index contributed by atoms with van der Waals surface area (Å²) in [6.45, 7) is 3.87. The van der Waals surface area contributed by atoms with Crippen molar-refractivity contribution in [1.29, 1.82) is 0 Å². The molecule has 0 aliphatic carbocycles. The van der Waals surface area contributed by atoms with Crippen molar-refractivity contribution in [2.75, 3.05) is 14.2 Å². The van der Waals surface area contributed by atoms with Crippen LogP contribution in [0.25, 0.3) is 21.8 Å². The lowest BCUT2D eigenvalue weighted by atomic mass is 9.98. The molecule has 9 nitrogen and oxygen atoms in total. The molecule has 33 heavy (non-hydrogen) atoms. The molecule has 0 radical (unpaired) electrons. The van der Waals surface area contributed by atoms with Gasteiger partial charge >= 0.3 is 0 Å². The van der Waals surface area contributed by atoms with E-state index < -0.39 is 5.56 Å². The number of benzene rings is 2. The second-order valence-corrected chi connectivity index (χ2v) is 7.94. The minimum Gasteiger partial charge on any atom is -0.493 e. The van der Waals surface area contributed by atoms with Crippen molar-refractivity contribution in [3.8, 4) is 11.5 Å². The number of imidazole rings is 1. The molecule has 4 rings (SSSR count). The number of fused-ring (bicyclic) bond motifs is 2. The number of aromatic amines is 1. The third-order valence-electron chi connectivity index (χ3n) is 5.89. The molecule has 9 heteroatoms. The maximum Gasteiger partial charge on any atom is 0.279 e. The largest absolute Gasteiger partial charge is 0.493 e. The average Bonchev–Trinajstić information content (AvgIpc) is 3.27. The van der Waals surface area contributed by atoms with Crippen molar-refractivity contribution in [3.05, 3.63) is 58.8 Å². The summed E-state index contributed by atoms with van der Waals surface area (Å²) in [6.07, 6.45) is 2.38. The van der Waals surface area contributed by atoms with Crippen molar-refractivity contribution in [1.82, 2.24) is 25.1 Å². The van der Waals surface area contributed by atoms with Crippen molar-refractivity contribution in [3.63, 3.8) is 0 Å². The predicted molar refractivity (Wildman–Crippen MR) is 126 cm³/mol. The molecular formula is C24H27N5O4. The normalized spacial score (nSPS) is 13.1. The summed E-state index contributed by atoms with van der Waals surface area (Å²) in [7, 11) is 2.97. The van der Waals surface area contributed by atoms with E-state index in [-0.39, 0.29) is 24.4 Å². The van der Waals surface area contributed by atoms with Crippen molar-refractivity contribution in [2.24, 2.45) is 5.92 Å². The van der Waals surface area contributed by atoms with Crippen LogP contribution in [0.1, 0.15) is 32.1 Å². The Morgan fingerprint density at radius 2 is 1.97 bits per heavy atom. The number of amides is 1. The summed E-state index contributed by atoms with van der Waals surface area (Å²) in [5.41, 5.74) is 1.31. The highest BCUT2D eigenvalue weighted by molar-refractivity contribution is 5.89. The SMILES string of the molecule is CCC(C)C(NC(=O)Cn1ncc2ccc(OC)c(OC)c2c1=O)c1nc2ccccc2[nH]1. The number of nitrogens with zero attached hydrogens (tertiary/aromatic N) is 3. The van der Waals surface area contributed by atoms with Crippen LogP contribution in [-0.2, 0) is 11.3 Å². The molecule has 172 valence electrons. The molecule has 0 aliphatic rings. The number of carbonyl (C=O) groups excluding carboxylic acids is 1. The number of rotatable bonds is 8. The number of ether oxygens (including phenoxy) is 2. The van der Waals surface area contributed by atoms with Gasteiger partial charge in [-0.1, -0.05) is 32.4 Å². The standard InChI is InChI=1S/C24H27N5O4/c1-5-14(2)21(23-26-16-8-6-7-9-17(16)27-23)28-19(30)13-29-24(31)20-15(12-25-29)10-11-18(32-3)22(20)33-4/h6-12,14,21H,5,13H2,1-4H3,(H,26,27)(H,28,30). The Kier molecular flexibility index (Phi) is 6.30. The molecule has 1 amide bonds. The van der Waals surface area contributed by atoms with Crippen LogP contribution in [0.3, 0.4) is 0 Å². The minimum atomic E-state index is -0.428. The molecule has 2 atom stereocenters. The third kappa shape index (κ3) is 4.26. The Labute approximate surface area is 190 Å². The van der Waals surface area contributed by atoms with E-state index in [2.05, 4.69) is 34.2 Å². The van der Waals surface area contributed by atoms with Crippen LogP contribution in [0.15, 0.2) is 47.4 Å². The Bertz CT molecular complexity index is 1330. The highest BCUT2D eigenvalue weighted by Crippen LogP contribution is 2.32. The van der Waals surface area contributed by atoms with Crippen LogP contribution in [-0.4, -0.2) is 39.9 Å². The molecule has 0 bridgehead atoms. The topological polar surface area (TPSA) is 111 Å². The first kappa shape index (κ1) is 22.3. The van der Waals surface area contributed by atoms with Gasteiger partial charge in [-0.15, -0.1) is 0 Å². The van der Waals surface area contributed by atoms with E-state index in [4.69, 9.17) is 9.47 Å². The smallest absolute Gasteiger partial charge is 0.279 e. The van der Waals surface area contributed by atoms with Gasteiger partial charge in [0, 0.05) is 5.39 Å². The number of aromatic nitrogens is 4. The zero-order valence-corrected chi connectivity index (χ0v) is 19.1. The average molecular weight is 450 g/mol. The lowest BCUT2D eigenvalue weighted by Crippen LogP contribution is -2.38. The Morgan fingerprint density at radius 1 is 1.18 bits per heavy atom. The summed E-state index contributed by atoms with van der Waals surface area (Å²) in [5, 5.41) is 8.13. The monoisotopic (exact) mass is 449 g/mol. The fraction of sp³-hybridized carbons (Fsp3) is 0.333. The molecule has 2 heterocycles. The van der Waals surface area contributed by atoms with Crippen molar-refractivity contribution in [2.45, 2.75) is 32.9 Å². The van der Waals surface area contributed by atoms with Gasteiger partial charge in [-0.25, -0.2) is 9.67 Å². The number of para-hydroxylation sites is 2. The van der Waals surface area contributed by atoms with Crippen LogP contribution in [0.4, 0.5) is 0 Å². The fourth-order valence-electron chi connectivity index (χ4n) is 3.89. The van der Waals surface area contributed by atoms with E-state index >= 15 is 0 Å². The van der Waals surface area contributed by atoms with Gasteiger partial charge in [-0.3, -0.25) is 9.59 Å². The van der Waals surface area contributed by atoms with Crippen LogP contribution < -0.4 is 20.3 Å². The first-order valence-corrected chi connectivity index (χ1v) is 10.8. The number of methoxy groups -OCH3 is 2. The molecule has 2 N–H and O–H groups in total. The number of nitrogens with one attached hydrogen (secondary N) is 2. The molecule has 2 unspecified atom stereocenters. The van der Waals surface area contributed by atoms with E-state index in [9.17, 15) is 9.59 Å². The van der Waals surface area contributed by atoms with E-state index in [1.165, 1.54) is 20.4 Å². The maximum atomic E-state index is 13.1. The van der Waals surface area contributed by atoms with Gasteiger partial charge in [-0.05, 0) is 30.2 Å². The van der Waals surface area contributed by atoms with Crippen LogP contribution in [0, 0.1) is 5.92 Å². The zero-order valence-electron chi connectivity index (χ0n) is 19.1. The van der Waals surface area contributed by atoms with E-state index in [0.717, 1.165) is 22.1 Å². The second kappa shape index (κ2) is 9.32. The molecule has 0 saturated heterocycles. The van der Waals surface area contributed by atoms with Gasteiger partial charge in [0.1, 0.15) is 12.4 Å². The fourth-order valence-corrected chi connectivity index (χ4v) is 3.89. The minimum absolute atomic E-state index is 0.125. The van der Waals surface area contributed by atoms with Crippen LogP contribution >= 0.6 is 0 Å². The van der Waals surface area contributed by atoms with E-state index in [0.29, 0.717) is 28.1 Å². The predicted octanol–water partition coefficient (Wildman–Crippen LogP) is 3.19. The lowest BCUT2D eigenvalue weighted by Gasteiger charge is -2.22. The second-order valence-electron chi connectivity index (χ2n) is 7.94. The summed E-state index contributed by atoms with van der Waals surface area (Å²) >= 11 is 0. The number of carbonyl (C=O) groups is 1. The maximum absolute atomic E-state index is 13.1. The van der Waals surface area contributed by atoms with Crippen LogP contribution in [0.2, 0.25) is 0 Å². The summed E-state index contributed by atoms with van der Waals surface area (Å²) in [5.74, 6) is 1.23. The molecular weight excluding hydrogens is 422 g/mol. The van der Waals surface area contributed by atoms with Crippen molar-refractivity contribution >= 4 is 27.7 Å². The summed E-state index contributed by atoms with van der Waals surface area (Å²) in [4.78, 5) is 34.1. The van der Waals surface area contributed by atoms with Gasteiger partial charge in [0.2, 0.25) is 5.91 Å². The first-order valence-electron chi connectivity index (χ1n) is 10.8. The van der Waals surface area contributed by atoms with Gasteiger partial charge in [0.25, 0.3) is 5.56 Å². The van der Waals surface area contributed by atoms with Gasteiger partial charge in [0.05, 0.1) is 42.9 Å². The highest BCUT2D eigenvalue weighted by Gasteiger charge is 2.24. The van der Waals surface area contributed by atoms with E-state index in [1.807, 2.05) is 24.3 Å². The Morgan fingerprint density at radius 3 is 2.67 bits per heavy atom. The lowest BCUT2D eigenvalue weighted by molar-refractivity contribution is -0.123. The van der Waals surface area contributed by atoms with Gasteiger partial charge < -0.3 is 19.8 Å². The molecule has 0 fully saturated rings. The molecule has 2 aromatic heterocycles. The first-order chi connectivity index (χ1) is 16.0. The molecule has 0 spiro atoms. The van der Waals surface area contributed by atoms with Crippen molar-refractivity contribution < 1.29 is 14.3 Å². The molecule has 0 saturated carbocycles. The Balaban J connectivity index is 1.63. The third-order valence-corrected chi connectivity index (χ3v) is 5.89. The summed E-state index contributed by atoms with van der Waals surface area (Å²) in [6, 6.07) is 10.8. The number of hydrogen-bond donors (Lipinski definition) is 2. The number of H-pyrrole nitrogens is 1. The highest BCUT2D eigenvalue weighted by atomic mass is 16.5. The van der Waals surface area contributed by atoms with E-state index in [1.54, 1.807) is 12.1 Å². The number of hydrogen-bond acceptors (Lipinski definition) is 6. The molecule has 2 aromatic carbocycles. The molecule has 0 aliphatic heterocycles. The quantitative estimate of drug-likeness (QED) is 0.427. The zero-order chi connectivity index (χ0) is 23.5. The summed E-state index contributed by atoms with van der Waals surface area (Å²) < 4.78 is 11.8. The van der Waals surface area contributed by atoms with Gasteiger partial charge in [-0.2, -0.15) is 5.10 Å². The molecule has 4 aromatic rings. The Hall–Kier alpha value is -3.88. The van der Waals surface area contributed by atoms with Crippen LogP contribution in [0.5, 0.6) is 11.5 Å². The van der Waals surface area contributed by atoms with Gasteiger partial charge in [0.15, 0.2) is 11.5 Å².